The highest BCUT2D eigenvalue weighted by molar-refractivity contribution is 6.30. The van der Waals surface area contributed by atoms with Gasteiger partial charge in [-0.2, -0.15) is 0 Å². The molecular formula is C15H17ClN2. The third-order valence-corrected chi connectivity index (χ3v) is 3.35. The van der Waals surface area contributed by atoms with Crippen LogP contribution in [-0.2, 0) is 6.42 Å². The number of aromatic nitrogens is 1. The highest BCUT2D eigenvalue weighted by atomic mass is 35.5. The molecule has 94 valence electrons. The molecule has 1 N–H and O–H groups in total. The molecule has 1 unspecified atom stereocenters. The number of hydrogen-bond donors (Lipinski definition) is 1. The van der Waals surface area contributed by atoms with E-state index in [4.69, 9.17) is 11.6 Å². The smallest absolute Gasteiger partial charge is 0.0451 e. The number of halogens is 1. The molecule has 0 aliphatic carbocycles. The molecule has 0 saturated carbocycles. The van der Waals surface area contributed by atoms with Gasteiger partial charge in [-0.1, -0.05) is 29.8 Å². The van der Waals surface area contributed by atoms with Crippen LogP contribution in [-0.4, -0.2) is 12.0 Å². The number of nitrogens with zero attached hydrogens (tertiary/aromatic N) is 1. The predicted octanol–water partition coefficient (Wildman–Crippen LogP) is 3.55. The Kier molecular flexibility index (Phi) is 4.34. The molecule has 1 heterocycles. The van der Waals surface area contributed by atoms with Crippen molar-refractivity contribution in [2.75, 3.05) is 7.05 Å². The van der Waals surface area contributed by atoms with Gasteiger partial charge in [-0.15, -0.1) is 0 Å². The first-order chi connectivity index (χ1) is 8.70. The quantitative estimate of drug-likeness (QED) is 0.910. The summed E-state index contributed by atoms with van der Waals surface area (Å²) in [7, 11) is 1.96. The lowest BCUT2D eigenvalue weighted by molar-refractivity contribution is 0.582. The van der Waals surface area contributed by atoms with Crippen molar-refractivity contribution in [3.8, 4) is 0 Å². The standard InChI is InChI=1S/C15H17ClN2/c1-11-5-4-8-18-14(11)10-15(17-2)12-6-3-7-13(16)9-12/h3-9,15,17H,10H2,1-2H3. The first-order valence-corrected chi connectivity index (χ1v) is 6.41. The Morgan fingerprint density at radius 1 is 1.28 bits per heavy atom. The molecule has 0 aliphatic heterocycles. The zero-order chi connectivity index (χ0) is 13.0. The second-order valence-corrected chi connectivity index (χ2v) is 4.80. The molecule has 0 fully saturated rings. The van der Waals surface area contributed by atoms with Gasteiger partial charge in [0.1, 0.15) is 0 Å². The summed E-state index contributed by atoms with van der Waals surface area (Å²) in [5, 5.41) is 4.09. The maximum atomic E-state index is 6.04. The molecule has 1 aromatic heterocycles. The van der Waals surface area contributed by atoms with E-state index in [-0.39, 0.29) is 6.04 Å². The summed E-state index contributed by atoms with van der Waals surface area (Å²) in [4.78, 5) is 4.44. The lowest BCUT2D eigenvalue weighted by Crippen LogP contribution is -2.19. The molecule has 0 aliphatic rings. The minimum atomic E-state index is 0.234. The lowest BCUT2D eigenvalue weighted by Gasteiger charge is -2.17. The van der Waals surface area contributed by atoms with E-state index < -0.39 is 0 Å². The highest BCUT2D eigenvalue weighted by Crippen LogP contribution is 2.21. The van der Waals surface area contributed by atoms with Gasteiger partial charge < -0.3 is 5.32 Å². The fourth-order valence-electron chi connectivity index (χ4n) is 2.04. The van der Waals surface area contributed by atoms with E-state index in [2.05, 4.69) is 29.4 Å². The Hall–Kier alpha value is -1.38. The van der Waals surface area contributed by atoms with E-state index in [1.807, 2.05) is 37.5 Å². The Bertz CT molecular complexity index is 525. The van der Waals surface area contributed by atoms with Crippen LogP contribution in [0.25, 0.3) is 0 Å². The molecule has 0 bridgehead atoms. The van der Waals surface area contributed by atoms with E-state index in [1.54, 1.807) is 0 Å². The van der Waals surface area contributed by atoms with E-state index in [0.29, 0.717) is 0 Å². The Labute approximate surface area is 113 Å². The number of rotatable bonds is 4. The van der Waals surface area contributed by atoms with Gasteiger partial charge in [-0.25, -0.2) is 0 Å². The molecular weight excluding hydrogens is 244 g/mol. The third kappa shape index (κ3) is 3.09. The number of nitrogens with one attached hydrogen (secondary N) is 1. The van der Waals surface area contributed by atoms with E-state index in [0.717, 1.165) is 17.1 Å². The third-order valence-electron chi connectivity index (χ3n) is 3.11. The average Bonchev–Trinajstić information content (AvgIpc) is 2.38. The van der Waals surface area contributed by atoms with Gasteiger partial charge in [0.2, 0.25) is 0 Å². The van der Waals surface area contributed by atoms with Crippen LogP contribution in [0.4, 0.5) is 0 Å². The van der Waals surface area contributed by atoms with Crippen molar-refractivity contribution >= 4 is 11.6 Å². The SMILES string of the molecule is CNC(Cc1ncccc1C)c1cccc(Cl)c1. The van der Waals surface area contributed by atoms with Crippen molar-refractivity contribution in [1.82, 2.24) is 10.3 Å². The zero-order valence-electron chi connectivity index (χ0n) is 10.7. The zero-order valence-corrected chi connectivity index (χ0v) is 11.4. The van der Waals surface area contributed by atoms with E-state index in [9.17, 15) is 0 Å². The largest absolute Gasteiger partial charge is 0.313 e. The summed E-state index contributed by atoms with van der Waals surface area (Å²) in [6.45, 7) is 2.09. The fraction of sp³-hybridized carbons (Fsp3) is 0.267. The predicted molar refractivity (Wildman–Crippen MR) is 75.9 cm³/mol. The highest BCUT2D eigenvalue weighted by Gasteiger charge is 2.12. The van der Waals surface area contributed by atoms with Crippen LogP contribution < -0.4 is 5.32 Å². The van der Waals surface area contributed by atoms with E-state index in [1.165, 1.54) is 11.1 Å². The van der Waals surface area contributed by atoms with Gasteiger partial charge in [0.15, 0.2) is 0 Å². The minimum absolute atomic E-state index is 0.234. The van der Waals surface area contributed by atoms with Gasteiger partial charge in [-0.3, -0.25) is 4.98 Å². The number of benzene rings is 1. The summed E-state index contributed by atoms with van der Waals surface area (Å²) in [6, 6.07) is 12.3. The van der Waals surface area contributed by atoms with Crippen molar-refractivity contribution in [1.29, 1.82) is 0 Å². The van der Waals surface area contributed by atoms with Crippen molar-refractivity contribution in [2.24, 2.45) is 0 Å². The van der Waals surface area contributed by atoms with Crippen LogP contribution in [0.3, 0.4) is 0 Å². The maximum absolute atomic E-state index is 6.04. The minimum Gasteiger partial charge on any atom is -0.313 e. The Balaban J connectivity index is 2.23. The monoisotopic (exact) mass is 260 g/mol. The van der Waals surface area contributed by atoms with Crippen LogP contribution in [0.5, 0.6) is 0 Å². The summed E-state index contributed by atoms with van der Waals surface area (Å²) < 4.78 is 0. The van der Waals surface area contributed by atoms with E-state index >= 15 is 0 Å². The van der Waals surface area contributed by atoms with Crippen LogP contribution in [0, 0.1) is 6.92 Å². The number of aryl methyl sites for hydroxylation is 1. The Morgan fingerprint density at radius 2 is 2.11 bits per heavy atom. The van der Waals surface area contributed by atoms with Crippen LogP contribution in [0.15, 0.2) is 42.6 Å². The molecule has 2 aromatic rings. The van der Waals surface area contributed by atoms with Gasteiger partial charge in [0.25, 0.3) is 0 Å². The second kappa shape index (κ2) is 5.98. The molecule has 0 spiro atoms. The van der Waals surface area contributed by atoms with Crippen LogP contribution in [0.2, 0.25) is 5.02 Å². The topological polar surface area (TPSA) is 24.9 Å². The summed E-state index contributed by atoms with van der Waals surface area (Å²) in [5.41, 5.74) is 3.53. The van der Waals surface area contributed by atoms with Crippen LogP contribution >= 0.6 is 11.6 Å². The number of hydrogen-bond acceptors (Lipinski definition) is 2. The number of likely N-dealkylation sites (N-methyl/N-ethyl adjacent to an activating group) is 1. The van der Waals surface area contributed by atoms with Crippen molar-refractivity contribution in [2.45, 2.75) is 19.4 Å². The summed E-state index contributed by atoms with van der Waals surface area (Å²) in [6.07, 6.45) is 2.70. The summed E-state index contributed by atoms with van der Waals surface area (Å²) in [5.74, 6) is 0. The fourth-order valence-corrected chi connectivity index (χ4v) is 2.23. The van der Waals surface area contributed by atoms with Crippen molar-refractivity contribution < 1.29 is 0 Å². The van der Waals surface area contributed by atoms with Crippen LogP contribution in [0.1, 0.15) is 22.9 Å². The summed E-state index contributed by atoms with van der Waals surface area (Å²) >= 11 is 6.04. The van der Waals surface area contributed by atoms with Gasteiger partial charge >= 0.3 is 0 Å². The molecule has 1 atom stereocenters. The molecule has 1 aromatic carbocycles. The van der Waals surface area contributed by atoms with Crippen molar-refractivity contribution in [3.63, 3.8) is 0 Å². The number of pyridine rings is 1. The molecule has 0 radical (unpaired) electrons. The van der Waals surface area contributed by atoms with Gasteiger partial charge in [-0.05, 0) is 43.3 Å². The average molecular weight is 261 g/mol. The Morgan fingerprint density at radius 3 is 2.78 bits per heavy atom. The molecule has 2 rings (SSSR count). The second-order valence-electron chi connectivity index (χ2n) is 4.37. The molecule has 3 heteroatoms. The first-order valence-electron chi connectivity index (χ1n) is 6.04. The lowest BCUT2D eigenvalue weighted by atomic mass is 10.00. The van der Waals surface area contributed by atoms with Gasteiger partial charge in [0, 0.05) is 29.4 Å². The normalized spacial score (nSPS) is 12.4. The molecule has 0 amide bonds. The molecule has 0 saturated heterocycles. The van der Waals surface area contributed by atoms with Gasteiger partial charge in [0.05, 0.1) is 0 Å². The first kappa shape index (κ1) is 13.1. The molecule has 18 heavy (non-hydrogen) atoms. The maximum Gasteiger partial charge on any atom is 0.0451 e. The van der Waals surface area contributed by atoms with Crippen molar-refractivity contribution in [3.05, 3.63) is 64.4 Å². The molecule has 2 nitrogen and oxygen atoms in total.